The Bertz CT molecular complexity index is 396. The van der Waals surface area contributed by atoms with E-state index in [1.54, 1.807) is 6.92 Å². The van der Waals surface area contributed by atoms with Crippen LogP contribution in [0.1, 0.15) is 32.6 Å². The lowest BCUT2D eigenvalue weighted by Gasteiger charge is -2.26. The summed E-state index contributed by atoms with van der Waals surface area (Å²) < 4.78 is 5.24. The van der Waals surface area contributed by atoms with Gasteiger partial charge < -0.3 is 15.5 Å². The number of hydrogen-bond acceptors (Lipinski definition) is 6. The molecule has 0 aliphatic rings. The molecule has 18 heavy (non-hydrogen) atoms. The Morgan fingerprint density at radius 1 is 1.56 bits per heavy atom. The van der Waals surface area contributed by atoms with Crippen LogP contribution in [0.3, 0.4) is 0 Å². The first-order chi connectivity index (χ1) is 8.48. The van der Waals surface area contributed by atoms with E-state index in [1.807, 2.05) is 13.8 Å². The van der Waals surface area contributed by atoms with Crippen LogP contribution in [0.25, 0.3) is 0 Å². The van der Waals surface area contributed by atoms with Crippen molar-refractivity contribution >= 4 is 17.7 Å². The number of nitrogens with zero attached hydrogens (tertiary/aromatic N) is 2. The van der Waals surface area contributed by atoms with Crippen molar-refractivity contribution < 1.29 is 9.21 Å². The SMILES string of the molecule is CCNC(C)(CCCSc1nnc(C)o1)C(N)=O. The lowest BCUT2D eigenvalue weighted by atomic mass is 9.95. The summed E-state index contributed by atoms with van der Waals surface area (Å²) in [4.78, 5) is 11.4. The molecule has 6 nitrogen and oxygen atoms in total. The van der Waals surface area contributed by atoms with Gasteiger partial charge in [0.05, 0.1) is 5.54 Å². The summed E-state index contributed by atoms with van der Waals surface area (Å²) in [7, 11) is 0. The second kappa shape index (κ2) is 6.75. The van der Waals surface area contributed by atoms with Crippen LogP contribution in [0.4, 0.5) is 0 Å². The maximum Gasteiger partial charge on any atom is 0.276 e. The molecule has 1 rings (SSSR count). The van der Waals surface area contributed by atoms with Gasteiger partial charge in [0, 0.05) is 12.7 Å². The van der Waals surface area contributed by atoms with Gasteiger partial charge in [0.1, 0.15) is 0 Å². The van der Waals surface area contributed by atoms with Gasteiger partial charge in [-0.1, -0.05) is 18.7 Å². The first-order valence-electron chi connectivity index (χ1n) is 5.96. The number of rotatable bonds is 8. The third-order valence-electron chi connectivity index (χ3n) is 2.66. The average Bonchev–Trinajstić information content (AvgIpc) is 2.71. The van der Waals surface area contributed by atoms with E-state index in [2.05, 4.69) is 15.5 Å². The predicted molar refractivity (Wildman–Crippen MR) is 70.3 cm³/mol. The van der Waals surface area contributed by atoms with Crippen molar-refractivity contribution in [1.29, 1.82) is 0 Å². The predicted octanol–water partition coefficient (Wildman–Crippen LogP) is 1.10. The zero-order valence-electron chi connectivity index (χ0n) is 11.0. The monoisotopic (exact) mass is 272 g/mol. The molecule has 1 amide bonds. The molecule has 0 aromatic carbocycles. The summed E-state index contributed by atoms with van der Waals surface area (Å²) in [5.74, 6) is 1.06. The highest BCUT2D eigenvalue weighted by atomic mass is 32.2. The highest BCUT2D eigenvalue weighted by Crippen LogP contribution is 2.20. The third kappa shape index (κ3) is 4.30. The highest BCUT2D eigenvalue weighted by molar-refractivity contribution is 7.99. The van der Waals surface area contributed by atoms with Gasteiger partial charge in [-0.25, -0.2) is 0 Å². The number of aromatic nitrogens is 2. The van der Waals surface area contributed by atoms with Crippen molar-refractivity contribution in [2.24, 2.45) is 5.73 Å². The van der Waals surface area contributed by atoms with Gasteiger partial charge >= 0.3 is 0 Å². The zero-order valence-corrected chi connectivity index (χ0v) is 11.8. The molecule has 0 aliphatic heterocycles. The largest absolute Gasteiger partial charge is 0.416 e. The van der Waals surface area contributed by atoms with E-state index >= 15 is 0 Å². The van der Waals surface area contributed by atoms with Crippen molar-refractivity contribution in [3.63, 3.8) is 0 Å². The minimum atomic E-state index is -0.639. The summed E-state index contributed by atoms with van der Waals surface area (Å²) in [6, 6.07) is 0. The molecule has 3 N–H and O–H groups in total. The molecule has 0 radical (unpaired) electrons. The van der Waals surface area contributed by atoms with E-state index in [9.17, 15) is 4.79 Å². The molecule has 0 saturated carbocycles. The Kier molecular flexibility index (Phi) is 5.61. The number of primary amides is 1. The van der Waals surface area contributed by atoms with Crippen molar-refractivity contribution in [2.75, 3.05) is 12.3 Å². The fourth-order valence-electron chi connectivity index (χ4n) is 1.61. The minimum absolute atomic E-state index is 0.317. The first-order valence-corrected chi connectivity index (χ1v) is 6.94. The van der Waals surface area contributed by atoms with E-state index in [0.29, 0.717) is 17.5 Å². The van der Waals surface area contributed by atoms with Crippen LogP contribution in [0.15, 0.2) is 9.64 Å². The molecular formula is C11H20N4O2S. The number of nitrogens with two attached hydrogens (primary N) is 1. The van der Waals surface area contributed by atoms with Gasteiger partial charge in [-0.05, 0) is 26.3 Å². The number of carbonyl (C=O) groups is 1. The molecule has 0 aliphatic carbocycles. The fraction of sp³-hybridized carbons (Fsp3) is 0.727. The number of hydrogen-bond donors (Lipinski definition) is 2. The van der Waals surface area contributed by atoms with E-state index in [1.165, 1.54) is 11.8 Å². The zero-order chi connectivity index (χ0) is 13.6. The molecule has 1 atom stereocenters. The van der Waals surface area contributed by atoms with Gasteiger partial charge in [-0.3, -0.25) is 4.79 Å². The van der Waals surface area contributed by atoms with Gasteiger partial charge in [-0.2, -0.15) is 0 Å². The summed E-state index contributed by atoms with van der Waals surface area (Å²) in [5.41, 5.74) is 4.77. The van der Waals surface area contributed by atoms with Crippen LogP contribution in [-0.2, 0) is 4.79 Å². The number of amides is 1. The average molecular weight is 272 g/mol. The molecule has 7 heteroatoms. The van der Waals surface area contributed by atoms with Crippen LogP contribution in [-0.4, -0.2) is 33.9 Å². The second-order valence-electron chi connectivity index (χ2n) is 4.27. The Morgan fingerprint density at radius 2 is 2.28 bits per heavy atom. The number of likely N-dealkylation sites (N-methyl/N-ethyl adjacent to an activating group) is 1. The van der Waals surface area contributed by atoms with Gasteiger partial charge in [0.2, 0.25) is 11.8 Å². The Labute approximate surface area is 111 Å². The summed E-state index contributed by atoms with van der Waals surface area (Å²) in [6.45, 7) is 6.26. The van der Waals surface area contributed by atoms with E-state index < -0.39 is 5.54 Å². The van der Waals surface area contributed by atoms with E-state index in [4.69, 9.17) is 10.2 Å². The summed E-state index contributed by atoms with van der Waals surface area (Å²) in [5, 5.41) is 11.3. The fourth-order valence-corrected chi connectivity index (χ4v) is 2.35. The summed E-state index contributed by atoms with van der Waals surface area (Å²) >= 11 is 1.49. The van der Waals surface area contributed by atoms with Gasteiger partial charge in [0.15, 0.2) is 0 Å². The smallest absolute Gasteiger partial charge is 0.276 e. The van der Waals surface area contributed by atoms with Crippen LogP contribution in [0, 0.1) is 6.92 Å². The molecule has 0 saturated heterocycles. The Hall–Kier alpha value is -1.08. The maximum absolute atomic E-state index is 11.4. The molecule has 1 heterocycles. The van der Waals surface area contributed by atoms with Crippen LogP contribution in [0.5, 0.6) is 0 Å². The topological polar surface area (TPSA) is 94.0 Å². The van der Waals surface area contributed by atoms with Gasteiger partial charge in [-0.15, -0.1) is 10.2 Å². The number of aryl methyl sites for hydroxylation is 1. The molecule has 1 unspecified atom stereocenters. The lowest BCUT2D eigenvalue weighted by Crippen LogP contribution is -2.53. The lowest BCUT2D eigenvalue weighted by molar-refractivity contribution is -0.124. The minimum Gasteiger partial charge on any atom is -0.416 e. The van der Waals surface area contributed by atoms with Crippen LogP contribution >= 0.6 is 11.8 Å². The van der Waals surface area contributed by atoms with Crippen molar-refractivity contribution in [2.45, 2.75) is 44.4 Å². The Balaban J connectivity index is 2.33. The molecule has 0 bridgehead atoms. The standard InChI is InChI=1S/C11H20N4O2S/c1-4-13-11(3,9(12)16)6-5-7-18-10-15-14-8(2)17-10/h13H,4-7H2,1-3H3,(H2,12,16). The summed E-state index contributed by atoms with van der Waals surface area (Å²) in [6.07, 6.45) is 1.54. The number of nitrogens with one attached hydrogen (secondary N) is 1. The van der Waals surface area contributed by atoms with Gasteiger partial charge in [0.25, 0.3) is 5.22 Å². The molecule has 1 aromatic heterocycles. The van der Waals surface area contributed by atoms with Crippen LogP contribution in [0.2, 0.25) is 0 Å². The molecular weight excluding hydrogens is 252 g/mol. The first kappa shape index (κ1) is 15.0. The van der Waals surface area contributed by atoms with Crippen LogP contribution < -0.4 is 11.1 Å². The molecule has 0 fully saturated rings. The van der Waals surface area contributed by atoms with E-state index in [0.717, 1.165) is 18.7 Å². The Morgan fingerprint density at radius 3 is 2.78 bits per heavy atom. The third-order valence-corrected chi connectivity index (χ3v) is 3.57. The van der Waals surface area contributed by atoms with Crippen molar-refractivity contribution in [3.05, 3.63) is 5.89 Å². The number of thioether (sulfide) groups is 1. The quantitative estimate of drug-likeness (QED) is 0.543. The van der Waals surface area contributed by atoms with E-state index in [-0.39, 0.29) is 5.91 Å². The normalized spacial score (nSPS) is 14.4. The number of carbonyl (C=O) groups excluding carboxylic acids is 1. The maximum atomic E-state index is 11.4. The second-order valence-corrected chi connectivity index (χ2v) is 5.31. The molecule has 102 valence electrons. The molecule has 1 aromatic rings. The molecule has 0 spiro atoms. The van der Waals surface area contributed by atoms with Crippen molar-refractivity contribution in [1.82, 2.24) is 15.5 Å². The van der Waals surface area contributed by atoms with Crippen molar-refractivity contribution in [3.8, 4) is 0 Å². The highest BCUT2D eigenvalue weighted by Gasteiger charge is 2.28.